The van der Waals surface area contributed by atoms with Crippen LogP contribution in [0.25, 0.3) is 22.3 Å². The van der Waals surface area contributed by atoms with Gasteiger partial charge in [-0.2, -0.15) is 0 Å². The van der Waals surface area contributed by atoms with Crippen LogP contribution in [-0.2, 0) is 0 Å². The van der Waals surface area contributed by atoms with Crippen LogP contribution < -0.4 is 5.46 Å². The Hall–Kier alpha value is -1.06. The highest BCUT2D eigenvalue weighted by Crippen LogP contribution is 2.29. The molecule has 0 radical (unpaired) electrons. The fraction of sp³-hybridized carbons (Fsp3) is 0.0323. The average molecular weight is 951 g/mol. The van der Waals surface area contributed by atoms with Gasteiger partial charge in [0, 0.05) is 27.7 Å². The maximum absolute atomic E-state index is 8.68. The van der Waals surface area contributed by atoms with Gasteiger partial charge in [0.05, 0.1) is 0 Å². The minimum absolute atomic E-state index is 0.495. The van der Waals surface area contributed by atoms with Gasteiger partial charge in [-0.3, -0.25) is 0 Å². The molecule has 0 saturated heterocycles. The van der Waals surface area contributed by atoms with E-state index in [1.807, 2.05) is 18.2 Å². The third-order valence-electron chi connectivity index (χ3n) is 5.11. The molecule has 0 heterocycles. The average Bonchev–Trinajstić information content (AvgIpc) is 2.95. The second kappa shape index (κ2) is 19.2. The minimum Gasteiger partial charge on any atom is -0.423 e. The normalized spacial score (nSPS) is 9.62. The Morgan fingerprint density at radius 1 is 0.475 bits per heavy atom. The largest absolute Gasteiger partial charge is 0.488 e. The van der Waals surface area contributed by atoms with Gasteiger partial charge in [-0.25, -0.2) is 0 Å². The summed E-state index contributed by atoms with van der Waals surface area (Å²) in [6, 6.07) is 40.6. The lowest BCUT2D eigenvalue weighted by Crippen LogP contribution is -2.29. The van der Waals surface area contributed by atoms with Crippen molar-refractivity contribution >= 4 is 106 Å². The number of benzene rings is 5. The van der Waals surface area contributed by atoms with Crippen molar-refractivity contribution in [3.63, 3.8) is 0 Å². The Morgan fingerprint density at radius 3 is 1.15 bits per heavy atom. The van der Waals surface area contributed by atoms with Crippen molar-refractivity contribution in [3.8, 4) is 22.3 Å². The molecule has 0 aliphatic heterocycles. The molecule has 5 aromatic rings. The molecule has 0 aromatic heterocycles. The van der Waals surface area contributed by atoms with E-state index in [0.29, 0.717) is 5.46 Å². The van der Waals surface area contributed by atoms with Crippen LogP contribution in [0.1, 0.15) is 0 Å². The van der Waals surface area contributed by atoms with Gasteiger partial charge in [0.25, 0.3) is 0 Å². The molecule has 40 heavy (non-hydrogen) atoms. The van der Waals surface area contributed by atoms with E-state index >= 15 is 0 Å². The highest BCUT2D eigenvalue weighted by Gasteiger charge is 2.09. The first kappa shape index (κ1) is 35.1. The fourth-order valence-electron chi connectivity index (χ4n) is 3.34. The quantitative estimate of drug-likeness (QED) is 0.125. The molecule has 5 aromatic carbocycles. The SMILES string of the molecule is Brc1cccc(-c2cccc(-c3cccc(Br)c3)c2)c1.CO.Ic1cccc(I)c1.OB(O)c1cccc(Br)c1. The first-order chi connectivity index (χ1) is 19.2. The fourth-order valence-corrected chi connectivity index (χ4v) is 6.24. The highest BCUT2D eigenvalue weighted by molar-refractivity contribution is 14.1. The summed E-state index contributed by atoms with van der Waals surface area (Å²) in [5.41, 5.74) is 5.38. The molecule has 0 amide bonds. The van der Waals surface area contributed by atoms with Gasteiger partial charge >= 0.3 is 7.12 Å². The molecule has 3 nitrogen and oxygen atoms in total. The maximum atomic E-state index is 8.68. The van der Waals surface area contributed by atoms with E-state index in [4.69, 9.17) is 15.2 Å². The first-order valence-electron chi connectivity index (χ1n) is 11.8. The molecule has 0 bridgehead atoms. The predicted molar refractivity (Wildman–Crippen MR) is 197 cm³/mol. The summed E-state index contributed by atoms with van der Waals surface area (Å²) in [7, 11) is -0.377. The van der Waals surface area contributed by atoms with Gasteiger partial charge in [-0.1, -0.05) is 108 Å². The Bertz CT molecular complexity index is 1410. The van der Waals surface area contributed by atoms with Crippen LogP contribution in [0.3, 0.4) is 0 Å². The second-order valence-electron chi connectivity index (χ2n) is 7.97. The van der Waals surface area contributed by atoms with Gasteiger partial charge in [0.1, 0.15) is 0 Å². The molecule has 0 fully saturated rings. The molecule has 3 N–H and O–H groups in total. The molecule has 5 rings (SSSR count). The number of halogens is 5. The second-order valence-corrected chi connectivity index (χ2v) is 13.2. The summed E-state index contributed by atoms with van der Waals surface area (Å²) in [6.45, 7) is 0. The van der Waals surface area contributed by atoms with Crippen molar-refractivity contribution in [2.24, 2.45) is 0 Å². The van der Waals surface area contributed by atoms with Crippen molar-refractivity contribution in [2.75, 3.05) is 7.11 Å². The molecular formula is C31H26BBr3I2O3. The molecular weight excluding hydrogens is 925 g/mol. The zero-order chi connectivity index (χ0) is 29.5. The standard InChI is InChI=1S/C18H12Br2.C6H6BBrO2.C6H4I2.CH4O/c19-17-8-2-6-15(11-17)13-4-1-5-14(10-13)16-7-3-9-18(20)12-16;8-6-3-1-2-5(4-6)7(9)10;7-5-2-1-3-6(8)4-5;1-2/h1-12H;1-4,9-10H;1-4H;2H,1H3. The number of aliphatic hydroxyl groups excluding tert-OH is 1. The van der Waals surface area contributed by atoms with Crippen molar-refractivity contribution < 1.29 is 15.2 Å². The van der Waals surface area contributed by atoms with Crippen LogP contribution in [0.4, 0.5) is 0 Å². The molecule has 0 atom stereocenters. The molecule has 0 aliphatic rings. The van der Waals surface area contributed by atoms with E-state index in [-0.39, 0.29) is 0 Å². The molecule has 9 heteroatoms. The molecule has 0 aliphatic carbocycles. The van der Waals surface area contributed by atoms with E-state index in [2.05, 4.69) is 178 Å². The van der Waals surface area contributed by atoms with Crippen LogP contribution in [-0.4, -0.2) is 29.4 Å². The molecule has 0 spiro atoms. The van der Waals surface area contributed by atoms with E-state index in [1.54, 1.807) is 18.2 Å². The Kier molecular flexibility index (Phi) is 16.9. The zero-order valence-electron chi connectivity index (χ0n) is 21.4. The number of hydrogen-bond acceptors (Lipinski definition) is 3. The predicted octanol–water partition coefficient (Wildman–Crippen LogP) is 9.18. The lowest BCUT2D eigenvalue weighted by atomic mass is 9.81. The van der Waals surface area contributed by atoms with E-state index in [9.17, 15) is 0 Å². The van der Waals surface area contributed by atoms with Crippen LogP contribution in [0.15, 0.2) is 135 Å². The van der Waals surface area contributed by atoms with Crippen molar-refractivity contribution in [1.29, 1.82) is 0 Å². The number of hydrogen-bond donors (Lipinski definition) is 3. The molecule has 206 valence electrons. The summed E-state index contributed by atoms with van der Waals surface area (Å²) >= 11 is 14.9. The van der Waals surface area contributed by atoms with Crippen LogP contribution in [0, 0.1) is 7.14 Å². The third kappa shape index (κ3) is 12.9. The van der Waals surface area contributed by atoms with E-state index < -0.39 is 7.12 Å². The first-order valence-corrected chi connectivity index (χ1v) is 16.3. The molecule has 0 unspecified atom stereocenters. The van der Waals surface area contributed by atoms with Gasteiger partial charge in [-0.15, -0.1) is 0 Å². The summed E-state index contributed by atoms with van der Waals surface area (Å²) in [6.07, 6.45) is 0. The van der Waals surface area contributed by atoms with E-state index in [0.717, 1.165) is 20.5 Å². The summed E-state index contributed by atoms with van der Waals surface area (Å²) in [5.74, 6) is 0. The van der Waals surface area contributed by atoms with Crippen LogP contribution in [0.2, 0.25) is 0 Å². The topological polar surface area (TPSA) is 60.7 Å². The minimum atomic E-state index is -1.38. The maximum Gasteiger partial charge on any atom is 0.488 e. The lowest BCUT2D eigenvalue weighted by molar-refractivity contribution is 0.399. The smallest absolute Gasteiger partial charge is 0.423 e. The number of rotatable bonds is 3. The summed E-state index contributed by atoms with van der Waals surface area (Å²) in [4.78, 5) is 0. The van der Waals surface area contributed by atoms with Gasteiger partial charge in [0.15, 0.2) is 0 Å². The van der Waals surface area contributed by atoms with Crippen molar-refractivity contribution in [2.45, 2.75) is 0 Å². The third-order valence-corrected chi connectivity index (χ3v) is 7.93. The Morgan fingerprint density at radius 2 is 0.825 bits per heavy atom. The lowest BCUT2D eigenvalue weighted by Gasteiger charge is -2.07. The monoisotopic (exact) mass is 948 g/mol. The zero-order valence-corrected chi connectivity index (χ0v) is 30.4. The highest BCUT2D eigenvalue weighted by atomic mass is 127. The van der Waals surface area contributed by atoms with Crippen molar-refractivity contribution in [3.05, 3.63) is 142 Å². The Labute approximate surface area is 288 Å². The van der Waals surface area contributed by atoms with Gasteiger partial charge in [-0.05, 0) is 134 Å². The van der Waals surface area contributed by atoms with E-state index in [1.165, 1.54) is 29.4 Å². The Balaban J connectivity index is 0.000000234. The van der Waals surface area contributed by atoms with Crippen molar-refractivity contribution in [1.82, 2.24) is 0 Å². The summed E-state index contributed by atoms with van der Waals surface area (Å²) in [5, 5.41) is 24.4. The number of aliphatic hydroxyl groups is 1. The van der Waals surface area contributed by atoms with Crippen LogP contribution in [0.5, 0.6) is 0 Å². The summed E-state index contributed by atoms with van der Waals surface area (Å²) < 4.78 is 5.65. The van der Waals surface area contributed by atoms with Gasteiger partial charge < -0.3 is 15.2 Å². The van der Waals surface area contributed by atoms with Gasteiger partial charge in [0.2, 0.25) is 0 Å². The molecule has 0 saturated carbocycles. The van der Waals surface area contributed by atoms with Crippen LogP contribution >= 0.6 is 93.0 Å².